The third-order valence-electron chi connectivity index (χ3n) is 6.53. The van der Waals surface area contributed by atoms with Crippen molar-refractivity contribution in [2.45, 2.75) is 93.5 Å². The highest BCUT2D eigenvalue weighted by atomic mass is 16.5. The molecular formula is C34H55N5O3. The van der Waals surface area contributed by atoms with Gasteiger partial charge in [-0.05, 0) is 94.1 Å². The summed E-state index contributed by atoms with van der Waals surface area (Å²) in [6.45, 7) is 20.0. The monoisotopic (exact) mass is 581 g/mol. The number of benzene rings is 2. The molecule has 0 atom stereocenters. The molecule has 2 aromatic carbocycles. The maximum absolute atomic E-state index is 8.12. The number of hydrogen-bond acceptors (Lipinski definition) is 8. The van der Waals surface area contributed by atoms with Gasteiger partial charge in [0.2, 0.25) is 5.90 Å². The summed E-state index contributed by atoms with van der Waals surface area (Å²) >= 11 is 0. The quantitative estimate of drug-likeness (QED) is 0.231. The molecule has 0 amide bonds. The number of ether oxygens (including phenoxy) is 1. The molecule has 8 heteroatoms. The fourth-order valence-corrected chi connectivity index (χ4v) is 4.12. The minimum Gasteiger partial charge on any atom is -0.442 e. The molecule has 8 nitrogen and oxygen atoms in total. The molecule has 0 aromatic heterocycles. The lowest BCUT2D eigenvalue weighted by atomic mass is 10.1. The van der Waals surface area contributed by atoms with Gasteiger partial charge in [0.25, 0.3) is 0 Å². The summed E-state index contributed by atoms with van der Waals surface area (Å²) in [6.07, 6.45) is 7.87. The molecule has 0 bridgehead atoms. The molecule has 2 aliphatic heterocycles. The van der Waals surface area contributed by atoms with Crippen LogP contribution in [-0.2, 0) is 22.6 Å². The predicted molar refractivity (Wildman–Crippen MR) is 177 cm³/mol. The van der Waals surface area contributed by atoms with Gasteiger partial charge in [-0.15, -0.1) is 5.10 Å². The number of hydrogen-bond donors (Lipinski definition) is 1. The first-order valence-corrected chi connectivity index (χ1v) is 15.3. The number of nitrogens with two attached hydrogens (primary N) is 1. The van der Waals surface area contributed by atoms with E-state index in [9.17, 15) is 0 Å². The Labute approximate surface area is 255 Å². The standard InChI is InChI=1S/C13H18N2O.C10H14N2.C7H15N.C3H8.CO2/c1-5-11(3)14-15-12(4)16-13-8-6-7-10(2)9-13;1-12-5-4-9-6-8(7-11)2-3-10(9)12;1-2-8-6-4-3-5-7-8;1-3-2;2-1-3/h6-9H,5H2,1-4H3;2-3,6H,4-5,7,11H2,1H3;2-7H2,1H3;3H2,1-2H3;/b14-11+,15-12+;;;;. The molecule has 1 fully saturated rings. The molecule has 0 unspecified atom stereocenters. The lowest BCUT2D eigenvalue weighted by Crippen LogP contribution is -2.29. The highest BCUT2D eigenvalue weighted by Crippen LogP contribution is 2.27. The van der Waals surface area contributed by atoms with Crippen molar-refractivity contribution in [1.82, 2.24) is 4.90 Å². The van der Waals surface area contributed by atoms with Crippen molar-refractivity contribution in [2.75, 3.05) is 38.1 Å². The second-order valence-electron chi connectivity index (χ2n) is 10.4. The van der Waals surface area contributed by atoms with E-state index in [-0.39, 0.29) is 6.15 Å². The third-order valence-corrected chi connectivity index (χ3v) is 6.53. The minimum absolute atomic E-state index is 0.250. The number of anilines is 1. The van der Waals surface area contributed by atoms with Crippen molar-refractivity contribution < 1.29 is 14.3 Å². The molecular weight excluding hydrogens is 526 g/mol. The average molecular weight is 582 g/mol. The fourth-order valence-electron chi connectivity index (χ4n) is 4.12. The van der Waals surface area contributed by atoms with Crippen LogP contribution in [0.1, 0.15) is 90.3 Å². The van der Waals surface area contributed by atoms with Gasteiger partial charge in [0, 0.05) is 38.5 Å². The topological polar surface area (TPSA) is 101 Å². The summed E-state index contributed by atoms with van der Waals surface area (Å²) in [4.78, 5) is 21.1. The first-order chi connectivity index (χ1) is 20.2. The molecule has 2 aliphatic rings. The van der Waals surface area contributed by atoms with Crippen molar-refractivity contribution in [3.63, 3.8) is 0 Å². The zero-order valence-corrected chi connectivity index (χ0v) is 27.4. The van der Waals surface area contributed by atoms with Gasteiger partial charge in [-0.2, -0.15) is 14.7 Å². The van der Waals surface area contributed by atoms with Crippen molar-refractivity contribution in [3.05, 3.63) is 59.2 Å². The van der Waals surface area contributed by atoms with Crippen molar-refractivity contribution in [2.24, 2.45) is 15.9 Å². The van der Waals surface area contributed by atoms with E-state index in [1.54, 1.807) is 6.92 Å². The van der Waals surface area contributed by atoms with Gasteiger partial charge in [0.15, 0.2) is 0 Å². The lowest BCUT2D eigenvalue weighted by Gasteiger charge is -2.24. The minimum atomic E-state index is 0.250. The Morgan fingerprint density at radius 1 is 0.952 bits per heavy atom. The highest BCUT2D eigenvalue weighted by molar-refractivity contribution is 5.83. The molecule has 42 heavy (non-hydrogen) atoms. The predicted octanol–water partition coefficient (Wildman–Crippen LogP) is 7.04. The van der Waals surface area contributed by atoms with Crippen LogP contribution in [-0.4, -0.2) is 55.9 Å². The number of piperidine rings is 1. The molecule has 2 heterocycles. The Hall–Kier alpha value is -3.32. The highest BCUT2D eigenvalue weighted by Gasteiger charge is 2.14. The van der Waals surface area contributed by atoms with E-state index >= 15 is 0 Å². The van der Waals surface area contributed by atoms with Gasteiger partial charge in [-0.3, -0.25) is 0 Å². The van der Waals surface area contributed by atoms with Gasteiger partial charge in [0.05, 0.1) is 0 Å². The molecule has 2 N–H and O–H groups in total. The third kappa shape index (κ3) is 17.5. The van der Waals surface area contributed by atoms with Crippen molar-refractivity contribution >= 4 is 23.4 Å². The molecule has 0 aliphatic carbocycles. The second kappa shape index (κ2) is 24.3. The van der Waals surface area contributed by atoms with E-state index in [1.165, 1.54) is 74.1 Å². The molecule has 4 rings (SSSR count). The van der Waals surface area contributed by atoms with E-state index in [4.69, 9.17) is 20.1 Å². The Bertz CT molecular complexity index is 1090. The van der Waals surface area contributed by atoms with Gasteiger partial charge < -0.3 is 20.3 Å². The Morgan fingerprint density at radius 3 is 2.12 bits per heavy atom. The summed E-state index contributed by atoms with van der Waals surface area (Å²) in [7, 11) is 2.13. The number of nitrogens with zero attached hydrogens (tertiary/aromatic N) is 4. The number of aryl methyl sites for hydroxylation is 1. The Kier molecular flexibility index (Phi) is 22.4. The van der Waals surface area contributed by atoms with Gasteiger partial charge in [0.1, 0.15) is 5.75 Å². The van der Waals surface area contributed by atoms with Crippen LogP contribution in [0.15, 0.2) is 52.7 Å². The summed E-state index contributed by atoms with van der Waals surface area (Å²) in [5.74, 6) is 1.35. The number of likely N-dealkylation sites (N-methyl/N-ethyl adjacent to an activating group) is 1. The van der Waals surface area contributed by atoms with E-state index in [0.717, 1.165) is 24.4 Å². The zero-order chi connectivity index (χ0) is 31.8. The first-order valence-electron chi connectivity index (χ1n) is 15.3. The number of fused-ring (bicyclic) bond motifs is 1. The summed E-state index contributed by atoms with van der Waals surface area (Å²) in [5, 5.41) is 8.04. The molecule has 0 radical (unpaired) electrons. The van der Waals surface area contributed by atoms with Crippen LogP contribution >= 0.6 is 0 Å². The van der Waals surface area contributed by atoms with E-state index in [0.29, 0.717) is 12.4 Å². The molecule has 1 saturated heterocycles. The maximum atomic E-state index is 8.12. The number of carbonyl (C=O) groups excluding carboxylic acids is 2. The fraction of sp³-hybridized carbons (Fsp3) is 0.559. The molecule has 234 valence electrons. The van der Waals surface area contributed by atoms with Crippen molar-refractivity contribution in [1.29, 1.82) is 0 Å². The zero-order valence-electron chi connectivity index (χ0n) is 27.4. The largest absolute Gasteiger partial charge is 0.442 e. The van der Waals surface area contributed by atoms with Crippen LogP contribution in [0.4, 0.5) is 5.69 Å². The van der Waals surface area contributed by atoms with E-state index in [1.807, 2.05) is 45.0 Å². The van der Waals surface area contributed by atoms with Crippen LogP contribution in [0, 0.1) is 6.92 Å². The van der Waals surface area contributed by atoms with Crippen molar-refractivity contribution in [3.8, 4) is 5.75 Å². The molecule has 0 spiro atoms. The first kappa shape index (κ1) is 38.7. The molecule has 2 aromatic rings. The van der Waals surface area contributed by atoms with Gasteiger partial charge >= 0.3 is 6.15 Å². The summed E-state index contributed by atoms with van der Waals surface area (Å²) in [6, 6.07) is 14.4. The van der Waals surface area contributed by atoms with Crippen LogP contribution < -0.4 is 15.4 Å². The second-order valence-corrected chi connectivity index (χ2v) is 10.4. The van der Waals surface area contributed by atoms with Gasteiger partial charge in [-0.1, -0.05) is 64.8 Å². The normalized spacial score (nSPS) is 14.3. The van der Waals surface area contributed by atoms with E-state index < -0.39 is 0 Å². The van der Waals surface area contributed by atoms with E-state index in [2.05, 4.69) is 66.0 Å². The lowest BCUT2D eigenvalue weighted by molar-refractivity contribution is -0.191. The van der Waals surface area contributed by atoms with Crippen LogP contribution in [0.3, 0.4) is 0 Å². The number of likely N-dealkylation sites (tertiary alicyclic amines) is 1. The Balaban J connectivity index is 0.000000568. The summed E-state index contributed by atoms with van der Waals surface area (Å²) in [5.41, 5.74) is 11.8. The Morgan fingerprint density at radius 2 is 1.60 bits per heavy atom. The maximum Gasteiger partial charge on any atom is 0.373 e. The van der Waals surface area contributed by atoms with Crippen LogP contribution in [0.25, 0.3) is 0 Å². The smallest absolute Gasteiger partial charge is 0.373 e. The van der Waals surface area contributed by atoms with Gasteiger partial charge in [-0.25, -0.2) is 0 Å². The van der Waals surface area contributed by atoms with Crippen LogP contribution in [0.5, 0.6) is 5.75 Å². The number of rotatable bonds is 5. The summed E-state index contributed by atoms with van der Waals surface area (Å²) < 4.78 is 5.53. The SMILES string of the molecule is CC/C(C)=N/N=C(\C)Oc1cccc(C)c1.CCC.CCN1CCCCC1.CN1CCc2cc(CN)ccc21.O=C=O. The van der Waals surface area contributed by atoms with Crippen LogP contribution in [0.2, 0.25) is 0 Å². The average Bonchev–Trinajstić information content (AvgIpc) is 3.37. The molecule has 0 saturated carbocycles.